The number of methoxy groups -OCH3 is 1. The fourth-order valence-electron chi connectivity index (χ4n) is 2.15. The van der Waals surface area contributed by atoms with Gasteiger partial charge in [0, 0.05) is 26.3 Å². The van der Waals surface area contributed by atoms with Gasteiger partial charge in [-0.05, 0) is 52.2 Å². The van der Waals surface area contributed by atoms with Gasteiger partial charge in [0.15, 0.2) is 0 Å². The Morgan fingerprint density at radius 2 is 2.27 bits per heavy atom. The van der Waals surface area contributed by atoms with E-state index in [0.29, 0.717) is 6.04 Å². The predicted molar refractivity (Wildman–Crippen MR) is 64.2 cm³/mol. The molecule has 1 saturated heterocycles. The van der Waals surface area contributed by atoms with Gasteiger partial charge in [-0.25, -0.2) is 0 Å². The van der Waals surface area contributed by atoms with Gasteiger partial charge in [0.1, 0.15) is 0 Å². The molecule has 15 heavy (non-hydrogen) atoms. The molecule has 1 fully saturated rings. The van der Waals surface area contributed by atoms with Crippen molar-refractivity contribution >= 4 is 0 Å². The Bertz CT molecular complexity index is 162. The van der Waals surface area contributed by atoms with Crippen LogP contribution in [0, 0.1) is 5.92 Å². The number of ether oxygens (including phenoxy) is 1. The van der Waals surface area contributed by atoms with E-state index in [1.807, 2.05) is 0 Å². The van der Waals surface area contributed by atoms with Gasteiger partial charge >= 0.3 is 0 Å². The topological polar surface area (TPSA) is 24.5 Å². The maximum atomic E-state index is 5.01. The quantitative estimate of drug-likeness (QED) is 0.647. The predicted octanol–water partition coefficient (Wildman–Crippen LogP) is 1.34. The van der Waals surface area contributed by atoms with Crippen molar-refractivity contribution in [2.75, 3.05) is 39.9 Å². The molecule has 0 amide bonds. The van der Waals surface area contributed by atoms with Crippen LogP contribution in [0.5, 0.6) is 0 Å². The number of rotatable bonds is 7. The Hall–Kier alpha value is -0.120. The van der Waals surface area contributed by atoms with Crippen LogP contribution in [0.4, 0.5) is 0 Å². The van der Waals surface area contributed by atoms with Crippen LogP contribution in [-0.4, -0.2) is 50.8 Å². The van der Waals surface area contributed by atoms with Gasteiger partial charge in [0.25, 0.3) is 0 Å². The summed E-state index contributed by atoms with van der Waals surface area (Å²) in [6, 6.07) is 0.712. The van der Waals surface area contributed by atoms with Crippen molar-refractivity contribution in [3.63, 3.8) is 0 Å². The number of nitrogens with one attached hydrogen (secondary N) is 1. The van der Waals surface area contributed by atoms with E-state index >= 15 is 0 Å². The highest BCUT2D eigenvalue weighted by molar-refractivity contribution is 4.78. The van der Waals surface area contributed by atoms with E-state index in [-0.39, 0.29) is 0 Å². The molecule has 0 spiro atoms. The third-order valence-electron chi connectivity index (χ3n) is 3.18. The highest BCUT2D eigenvalue weighted by Crippen LogP contribution is 2.17. The minimum Gasteiger partial charge on any atom is -0.385 e. The summed E-state index contributed by atoms with van der Waals surface area (Å²) in [7, 11) is 1.76. The minimum atomic E-state index is 0.712. The van der Waals surface area contributed by atoms with Gasteiger partial charge in [0.05, 0.1) is 0 Å². The number of nitrogens with zero attached hydrogens (tertiary/aromatic N) is 1. The lowest BCUT2D eigenvalue weighted by Gasteiger charge is -2.20. The van der Waals surface area contributed by atoms with Crippen molar-refractivity contribution < 1.29 is 4.74 Å². The van der Waals surface area contributed by atoms with Crippen molar-refractivity contribution in [3.8, 4) is 0 Å². The first-order valence-corrected chi connectivity index (χ1v) is 6.17. The maximum Gasteiger partial charge on any atom is 0.0474 e. The average molecular weight is 214 g/mol. The van der Waals surface area contributed by atoms with Crippen LogP contribution in [0.25, 0.3) is 0 Å². The van der Waals surface area contributed by atoms with Gasteiger partial charge in [-0.2, -0.15) is 0 Å². The summed E-state index contributed by atoms with van der Waals surface area (Å²) in [4.78, 5) is 2.57. The highest BCUT2D eigenvalue weighted by Gasteiger charge is 2.23. The van der Waals surface area contributed by atoms with E-state index in [2.05, 4.69) is 24.1 Å². The molecule has 1 aliphatic rings. The first kappa shape index (κ1) is 12.9. The van der Waals surface area contributed by atoms with Crippen molar-refractivity contribution in [1.29, 1.82) is 0 Å². The highest BCUT2D eigenvalue weighted by atomic mass is 16.5. The number of likely N-dealkylation sites (tertiary alicyclic amines) is 1. The van der Waals surface area contributed by atoms with E-state index < -0.39 is 0 Å². The second kappa shape index (κ2) is 7.20. The Morgan fingerprint density at radius 3 is 2.87 bits per heavy atom. The first-order valence-electron chi connectivity index (χ1n) is 6.17. The molecule has 1 unspecified atom stereocenters. The summed E-state index contributed by atoms with van der Waals surface area (Å²) in [6.45, 7) is 10.3. The Labute approximate surface area is 94.2 Å². The molecule has 0 saturated carbocycles. The van der Waals surface area contributed by atoms with Crippen LogP contribution < -0.4 is 5.32 Å². The SMILES string of the molecule is COCCCNCC1CCN(C(C)C)C1. The summed E-state index contributed by atoms with van der Waals surface area (Å²) in [6.07, 6.45) is 2.48. The van der Waals surface area contributed by atoms with Crippen LogP contribution in [-0.2, 0) is 4.74 Å². The van der Waals surface area contributed by atoms with E-state index in [1.54, 1.807) is 7.11 Å². The standard InChI is InChI=1S/C12H26N2O/c1-11(2)14-7-5-12(10-14)9-13-6-4-8-15-3/h11-13H,4-10H2,1-3H3. The third kappa shape index (κ3) is 4.96. The van der Waals surface area contributed by atoms with E-state index in [4.69, 9.17) is 4.74 Å². The Balaban J connectivity index is 1.99. The minimum absolute atomic E-state index is 0.712. The molecule has 1 rings (SSSR count). The van der Waals surface area contributed by atoms with Crippen LogP contribution in [0.1, 0.15) is 26.7 Å². The van der Waals surface area contributed by atoms with Crippen LogP contribution in [0.2, 0.25) is 0 Å². The molecule has 0 bridgehead atoms. The van der Waals surface area contributed by atoms with E-state index in [0.717, 1.165) is 25.5 Å². The Morgan fingerprint density at radius 1 is 1.47 bits per heavy atom. The zero-order chi connectivity index (χ0) is 11.1. The fourth-order valence-corrected chi connectivity index (χ4v) is 2.15. The molecule has 1 N–H and O–H groups in total. The van der Waals surface area contributed by atoms with Crippen molar-refractivity contribution in [3.05, 3.63) is 0 Å². The molecular weight excluding hydrogens is 188 g/mol. The van der Waals surface area contributed by atoms with Crippen molar-refractivity contribution in [2.24, 2.45) is 5.92 Å². The van der Waals surface area contributed by atoms with Gasteiger partial charge in [-0.1, -0.05) is 0 Å². The normalized spacial score (nSPS) is 22.8. The molecule has 1 heterocycles. The summed E-state index contributed by atoms with van der Waals surface area (Å²) >= 11 is 0. The van der Waals surface area contributed by atoms with Crippen molar-refractivity contribution in [2.45, 2.75) is 32.7 Å². The zero-order valence-electron chi connectivity index (χ0n) is 10.5. The van der Waals surface area contributed by atoms with Gasteiger partial charge in [-0.15, -0.1) is 0 Å². The lowest BCUT2D eigenvalue weighted by atomic mass is 10.1. The summed E-state index contributed by atoms with van der Waals surface area (Å²) in [5.41, 5.74) is 0. The monoisotopic (exact) mass is 214 g/mol. The lowest BCUT2D eigenvalue weighted by Crippen LogP contribution is -2.31. The molecular formula is C12H26N2O. The molecule has 0 aromatic heterocycles. The number of hydrogen-bond acceptors (Lipinski definition) is 3. The molecule has 3 nitrogen and oxygen atoms in total. The second-order valence-corrected chi connectivity index (χ2v) is 4.79. The molecule has 3 heteroatoms. The summed E-state index contributed by atoms with van der Waals surface area (Å²) in [5.74, 6) is 0.856. The molecule has 1 atom stereocenters. The summed E-state index contributed by atoms with van der Waals surface area (Å²) in [5, 5.41) is 3.51. The average Bonchev–Trinajstić information content (AvgIpc) is 2.66. The summed E-state index contributed by atoms with van der Waals surface area (Å²) < 4.78 is 5.01. The van der Waals surface area contributed by atoms with Gasteiger partial charge < -0.3 is 15.0 Å². The van der Waals surface area contributed by atoms with E-state index in [9.17, 15) is 0 Å². The fraction of sp³-hybridized carbons (Fsp3) is 1.00. The zero-order valence-corrected chi connectivity index (χ0v) is 10.5. The van der Waals surface area contributed by atoms with Crippen LogP contribution >= 0.6 is 0 Å². The Kier molecular flexibility index (Phi) is 6.22. The molecule has 1 aliphatic heterocycles. The van der Waals surface area contributed by atoms with E-state index in [1.165, 1.54) is 26.1 Å². The van der Waals surface area contributed by atoms with Gasteiger partial charge in [0.2, 0.25) is 0 Å². The lowest BCUT2D eigenvalue weighted by molar-refractivity contribution is 0.193. The largest absolute Gasteiger partial charge is 0.385 e. The number of hydrogen-bond donors (Lipinski definition) is 1. The van der Waals surface area contributed by atoms with Crippen molar-refractivity contribution in [1.82, 2.24) is 10.2 Å². The molecule has 0 aromatic carbocycles. The third-order valence-corrected chi connectivity index (χ3v) is 3.18. The first-order chi connectivity index (χ1) is 7.24. The molecule has 0 radical (unpaired) electrons. The maximum absolute atomic E-state index is 5.01. The molecule has 0 aliphatic carbocycles. The van der Waals surface area contributed by atoms with Gasteiger partial charge in [-0.3, -0.25) is 0 Å². The molecule has 0 aromatic rings. The van der Waals surface area contributed by atoms with Crippen LogP contribution in [0.15, 0.2) is 0 Å². The van der Waals surface area contributed by atoms with Crippen LogP contribution in [0.3, 0.4) is 0 Å². The smallest absolute Gasteiger partial charge is 0.0474 e. The second-order valence-electron chi connectivity index (χ2n) is 4.79. The molecule has 90 valence electrons.